The number of fused-ring (bicyclic) bond motifs is 1. The molecule has 0 amide bonds. The van der Waals surface area contributed by atoms with E-state index >= 15 is 0 Å². The van der Waals surface area contributed by atoms with E-state index in [0.29, 0.717) is 0 Å². The van der Waals surface area contributed by atoms with Crippen molar-refractivity contribution >= 4 is 101 Å². The molecule has 0 spiro atoms. The number of rotatable bonds is 12. The molecule has 0 atom stereocenters. The average molecular weight is 490 g/mol. The van der Waals surface area contributed by atoms with Gasteiger partial charge in [-0.05, 0) is 97.6 Å². The zero-order chi connectivity index (χ0) is 17.3. The summed E-state index contributed by atoms with van der Waals surface area (Å²) in [5.41, 5.74) is 1.10. The van der Waals surface area contributed by atoms with Gasteiger partial charge in [-0.15, -0.1) is 11.3 Å². The minimum Gasteiger partial charge on any atom is -0.420 e. The quantitative estimate of drug-likeness (QED) is 0.165. The number of para-hydroxylation sites is 1. The van der Waals surface area contributed by atoms with E-state index in [0.717, 1.165) is 9.86 Å². The van der Waals surface area contributed by atoms with Gasteiger partial charge in [0.1, 0.15) is 0 Å². The number of hydrogen-bond acceptors (Lipinski definition) is 10. The summed E-state index contributed by atoms with van der Waals surface area (Å²) in [7, 11) is 13.3. The zero-order valence-electron chi connectivity index (χ0n) is 13.6. The van der Waals surface area contributed by atoms with Crippen LogP contribution in [0.3, 0.4) is 0 Å². The molecule has 0 aliphatic rings. The van der Waals surface area contributed by atoms with Crippen LogP contribution in [0.25, 0.3) is 10.2 Å². The molecule has 0 saturated carbocycles. The van der Waals surface area contributed by atoms with E-state index in [-0.39, 0.29) is 0 Å². The van der Waals surface area contributed by atoms with Gasteiger partial charge < -0.3 is 4.43 Å². The van der Waals surface area contributed by atoms with Gasteiger partial charge in [0.15, 0.2) is 12.7 Å². The normalized spacial score (nSPS) is 12.1. The van der Waals surface area contributed by atoms with E-state index in [4.69, 9.17) is 4.43 Å². The molecule has 24 heavy (non-hydrogen) atoms. The maximum atomic E-state index is 5.57. The van der Waals surface area contributed by atoms with Crippen LogP contribution in [0.1, 0.15) is 6.42 Å². The average Bonchev–Trinajstić information content (AvgIpc) is 2.99. The van der Waals surface area contributed by atoms with Gasteiger partial charge in [-0.1, -0.05) is 22.9 Å². The first-order valence-corrected chi connectivity index (χ1v) is 20.1. The van der Waals surface area contributed by atoms with E-state index in [1.807, 2.05) is 63.3 Å². The maximum absolute atomic E-state index is 5.57. The molecule has 0 fully saturated rings. The molecule has 0 saturated heterocycles. The van der Waals surface area contributed by atoms with E-state index in [2.05, 4.69) is 36.3 Å². The van der Waals surface area contributed by atoms with Crippen molar-refractivity contribution in [1.29, 1.82) is 0 Å². The molecule has 0 N–H and O–H groups in total. The first-order valence-electron chi connectivity index (χ1n) is 7.14. The fourth-order valence-corrected chi connectivity index (χ4v) is 18.7. The molecule has 0 aliphatic heterocycles. The Bertz CT molecular complexity index is 577. The lowest BCUT2D eigenvalue weighted by atomic mass is 10.3. The SMILES string of the molecule is CO[Si](C)(C)CCCSSSSSSSc1nc2ccccc2s1. The molecule has 1 aromatic carbocycles. The number of hydrogen-bond donors (Lipinski definition) is 0. The molecule has 134 valence electrons. The topological polar surface area (TPSA) is 22.1 Å². The van der Waals surface area contributed by atoms with Gasteiger partial charge in [0.2, 0.25) is 0 Å². The predicted octanol–water partition coefficient (Wildman–Crippen LogP) is 8.52. The number of benzene rings is 1. The standard InChI is InChI=1S/C13H19NOS8Si/c1-15-24(2,3)10-6-9-16-19-21-23-22-20-18-13-14-11-7-4-5-8-12(11)17-13/h4-5,7-8H,6,9-10H2,1-3H3. The molecule has 0 radical (unpaired) electrons. The van der Waals surface area contributed by atoms with Gasteiger partial charge in [-0.2, -0.15) is 0 Å². The molecular weight excluding hydrogens is 471 g/mol. The van der Waals surface area contributed by atoms with Crippen molar-refractivity contribution in [2.45, 2.75) is 29.9 Å². The minimum absolute atomic E-state index is 1.10. The molecular formula is C13H19NOS8Si. The van der Waals surface area contributed by atoms with Crippen LogP contribution in [0.5, 0.6) is 0 Å². The summed E-state index contributed by atoms with van der Waals surface area (Å²) < 4.78 is 7.96. The molecule has 2 aromatic rings. The van der Waals surface area contributed by atoms with Crippen LogP contribution in [0, 0.1) is 0 Å². The predicted molar refractivity (Wildman–Crippen MR) is 130 cm³/mol. The van der Waals surface area contributed by atoms with Crippen molar-refractivity contribution in [2.24, 2.45) is 0 Å². The molecule has 2 rings (SSSR count). The highest BCUT2D eigenvalue weighted by Crippen LogP contribution is 2.56. The Labute approximate surface area is 175 Å². The Morgan fingerprint density at radius 1 is 1.08 bits per heavy atom. The van der Waals surface area contributed by atoms with E-state index < -0.39 is 8.32 Å². The van der Waals surface area contributed by atoms with Crippen LogP contribution in [0.4, 0.5) is 0 Å². The second-order valence-corrected chi connectivity index (χ2v) is 22.2. The highest BCUT2D eigenvalue weighted by atomic mass is 33.9. The van der Waals surface area contributed by atoms with Crippen LogP contribution >= 0.6 is 82.1 Å². The minimum atomic E-state index is -1.36. The van der Waals surface area contributed by atoms with E-state index in [1.54, 1.807) is 32.0 Å². The molecule has 1 heterocycles. The maximum Gasteiger partial charge on any atom is 0.186 e. The van der Waals surface area contributed by atoms with Gasteiger partial charge in [0.05, 0.1) is 10.2 Å². The third-order valence-electron chi connectivity index (χ3n) is 3.10. The fourth-order valence-electron chi connectivity index (χ4n) is 1.68. The van der Waals surface area contributed by atoms with Gasteiger partial charge in [-0.3, -0.25) is 0 Å². The molecule has 0 aliphatic carbocycles. The van der Waals surface area contributed by atoms with Crippen molar-refractivity contribution in [1.82, 2.24) is 4.98 Å². The van der Waals surface area contributed by atoms with E-state index in [9.17, 15) is 0 Å². The Kier molecular flexibility index (Phi) is 11.2. The highest BCUT2D eigenvalue weighted by Gasteiger charge is 2.19. The van der Waals surface area contributed by atoms with Gasteiger partial charge in [0.25, 0.3) is 0 Å². The van der Waals surface area contributed by atoms with Crippen molar-refractivity contribution in [3.63, 3.8) is 0 Å². The third kappa shape index (κ3) is 8.62. The summed E-state index contributed by atoms with van der Waals surface area (Å²) in [5, 5.41) is 0. The summed E-state index contributed by atoms with van der Waals surface area (Å²) >= 11 is 1.76. The zero-order valence-corrected chi connectivity index (χ0v) is 21.1. The van der Waals surface area contributed by atoms with Crippen molar-refractivity contribution in [3.8, 4) is 0 Å². The number of thiazole rings is 1. The Balaban J connectivity index is 1.46. The van der Waals surface area contributed by atoms with Gasteiger partial charge in [-0.25, -0.2) is 4.98 Å². The van der Waals surface area contributed by atoms with Crippen LogP contribution in [-0.4, -0.2) is 26.2 Å². The molecule has 11 heteroatoms. The van der Waals surface area contributed by atoms with Crippen molar-refractivity contribution in [3.05, 3.63) is 24.3 Å². The first-order chi connectivity index (χ1) is 11.6. The molecule has 0 unspecified atom stereocenters. The van der Waals surface area contributed by atoms with Crippen LogP contribution < -0.4 is 0 Å². The first kappa shape index (κ1) is 22.0. The lowest BCUT2D eigenvalue weighted by Gasteiger charge is -2.19. The third-order valence-corrected chi connectivity index (χ3v) is 20.1. The molecule has 1 aromatic heterocycles. The Hall–Kier alpha value is 1.74. The summed E-state index contributed by atoms with van der Waals surface area (Å²) in [4.78, 5) is 4.62. The van der Waals surface area contributed by atoms with Crippen LogP contribution in [-0.2, 0) is 4.43 Å². The van der Waals surface area contributed by atoms with Gasteiger partial charge >= 0.3 is 0 Å². The second kappa shape index (κ2) is 12.2. The van der Waals surface area contributed by atoms with Crippen molar-refractivity contribution in [2.75, 3.05) is 12.9 Å². The smallest absolute Gasteiger partial charge is 0.186 e. The molecule has 2 nitrogen and oxygen atoms in total. The number of nitrogens with zero attached hydrogens (tertiary/aromatic N) is 1. The van der Waals surface area contributed by atoms with Gasteiger partial charge in [0, 0.05) is 12.9 Å². The Morgan fingerprint density at radius 3 is 2.62 bits per heavy atom. The monoisotopic (exact) mass is 489 g/mol. The largest absolute Gasteiger partial charge is 0.420 e. The lowest BCUT2D eigenvalue weighted by molar-refractivity contribution is 0.403. The summed E-state index contributed by atoms with van der Waals surface area (Å²) in [6.45, 7) is 4.57. The lowest BCUT2D eigenvalue weighted by Crippen LogP contribution is -2.28. The summed E-state index contributed by atoms with van der Waals surface area (Å²) in [6, 6.07) is 9.55. The number of aromatic nitrogens is 1. The summed E-state index contributed by atoms with van der Waals surface area (Å²) in [5.74, 6) is 1.20. The van der Waals surface area contributed by atoms with Crippen LogP contribution in [0.15, 0.2) is 28.6 Å². The highest BCUT2D eigenvalue weighted by molar-refractivity contribution is 9.46. The van der Waals surface area contributed by atoms with E-state index in [1.165, 1.54) is 22.9 Å². The van der Waals surface area contributed by atoms with Crippen LogP contribution in [0.2, 0.25) is 19.1 Å². The second-order valence-electron chi connectivity index (χ2n) is 5.26. The summed E-state index contributed by atoms with van der Waals surface area (Å²) in [6.07, 6.45) is 1.26. The molecule has 0 bridgehead atoms. The Morgan fingerprint density at radius 2 is 1.83 bits per heavy atom. The fraction of sp³-hybridized carbons (Fsp3) is 0.462. The van der Waals surface area contributed by atoms with Crippen molar-refractivity contribution < 1.29 is 4.43 Å².